The molecule has 1 saturated heterocycles. The van der Waals surface area contributed by atoms with Crippen LogP contribution in [-0.2, 0) is 14.8 Å². The van der Waals surface area contributed by atoms with Gasteiger partial charge in [0.15, 0.2) is 5.11 Å². The van der Waals surface area contributed by atoms with E-state index in [1.54, 1.807) is 28.6 Å². The maximum atomic E-state index is 13.5. The second-order valence-corrected chi connectivity index (χ2v) is 13.6. The zero-order valence-electron chi connectivity index (χ0n) is 24.0. The second kappa shape index (κ2) is 14.4. The summed E-state index contributed by atoms with van der Waals surface area (Å²) < 4.78 is 28.5. The van der Waals surface area contributed by atoms with Gasteiger partial charge in [-0.2, -0.15) is 4.31 Å². The predicted molar refractivity (Wildman–Crippen MR) is 172 cm³/mol. The predicted octanol–water partition coefficient (Wildman–Crippen LogP) is 5.96. The SMILES string of the molecule is O=C(CCC1CCCCC1)NC(=S)Nc1ccc(S(=O)(=O)N2CCN(C(c3ccccc3)c3ccccc3)CC2)cc1. The first-order chi connectivity index (χ1) is 20.4. The van der Waals surface area contributed by atoms with Gasteiger partial charge in [-0.15, -0.1) is 0 Å². The Bertz CT molecular complexity index is 1380. The highest BCUT2D eigenvalue weighted by atomic mass is 32.2. The number of sulfonamides is 1. The van der Waals surface area contributed by atoms with E-state index in [4.69, 9.17) is 12.2 Å². The number of carbonyl (C=O) groups is 1. The van der Waals surface area contributed by atoms with Crippen LogP contribution in [0.2, 0.25) is 0 Å². The zero-order chi connectivity index (χ0) is 29.4. The molecule has 9 heteroatoms. The maximum Gasteiger partial charge on any atom is 0.243 e. The minimum atomic E-state index is -3.65. The molecule has 1 aliphatic heterocycles. The molecule has 0 radical (unpaired) electrons. The Balaban J connectivity index is 1.15. The Labute approximate surface area is 255 Å². The van der Waals surface area contributed by atoms with Crippen LogP contribution in [0.1, 0.15) is 62.1 Å². The van der Waals surface area contributed by atoms with Crippen LogP contribution in [0.4, 0.5) is 5.69 Å². The molecule has 1 heterocycles. The third-order valence-electron chi connectivity index (χ3n) is 8.38. The van der Waals surface area contributed by atoms with Gasteiger partial charge < -0.3 is 10.6 Å². The van der Waals surface area contributed by atoms with Crippen molar-refractivity contribution >= 4 is 38.9 Å². The summed E-state index contributed by atoms with van der Waals surface area (Å²) >= 11 is 5.32. The smallest absolute Gasteiger partial charge is 0.243 e. The molecule has 0 atom stereocenters. The summed E-state index contributed by atoms with van der Waals surface area (Å²) in [5, 5.41) is 5.98. The number of nitrogens with one attached hydrogen (secondary N) is 2. The lowest BCUT2D eigenvalue weighted by Gasteiger charge is -2.39. The number of carbonyl (C=O) groups excluding carboxylic acids is 1. The molecule has 42 heavy (non-hydrogen) atoms. The number of hydrogen-bond acceptors (Lipinski definition) is 5. The van der Waals surface area contributed by atoms with Gasteiger partial charge in [-0.3, -0.25) is 9.69 Å². The Morgan fingerprint density at radius 1 is 0.810 bits per heavy atom. The lowest BCUT2D eigenvalue weighted by Crippen LogP contribution is -2.49. The van der Waals surface area contributed by atoms with E-state index < -0.39 is 10.0 Å². The first kappa shape index (κ1) is 30.4. The molecule has 7 nitrogen and oxygen atoms in total. The average Bonchev–Trinajstić information content (AvgIpc) is 3.02. The largest absolute Gasteiger partial charge is 0.332 e. The summed E-state index contributed by atoms with van der Waals surface area (Å²) in [4.78, 5) is 14.9. The normalized spacial score (nSPS) is 17.2. The molecule has 2 N–H and O–H groups in total. The molecule has 2 aliphatic rings. The van der Waals surface area contributed by atoms with Crippen LogP contribution >= 0.6 is 12.2 Å². The number of rotatable bonds is 9. The zero-order valence-corrected chi connectivity index (χ0v) is 25.6. The van der Waals surface area contributed by atoms with Gasteiger partial charge in [0.1, 0.15) is 0 Å². The maximum absolute atomic E-state index is 13.5. The van der Waals surface area contributed by atoms with Crippen LogP contribution in [0.25, 0.3) is 0 Å². The molecule has 5 rings (SSSR count). The van der Waals surface area contributed by atoms with Gasteiger partial charge in [-0.05, 0) is 59.9 Å². The molecular formula is C33H40N4O3S2. The minimum absolute atomic E-state index is 0.0687. The van der Waals surface area contributed by atoms with Gasteiger partial charge >= 0.3 is 0 Å². The van der Waals surface area contributed by atoms with Crippen molar-refractivity contribution in [1.82, 2.24) is 14.5 Å². The summed E-state index contributed by atoms with van der Waals surface area (Å²) in [6.07, 6.45) is 7.61. The molecule has 0 unspecified atom stereocenters. The van der Waals surface area contributed by atoms with Crippen molar-refractivity contribution in [2.45, 2.75) is 55.9 Å². The third-order valence-corrected chi connectivity index (χ3v) is 10.5. The van der Waals surface area contributed by atoms with Gasteiger partial charge in [0.2, 0.25) is 15.9 Å². The number of nitrogens with zero attached hydrogens (tertiary/aromatic N) is 2. The second-order valence-electron chi connectivity index (χ2n) is 11.2. The third kappa shape index (κ3) is 7.83. The molecule has 3 aromatic rings. The van der Waals surface area contributed by atoms with Crippen molar-refractivity contribution in [3.8, 4) is 0 Å². The van der Waals surface area contributed by atoms with E-state index in [0.29, 0.717) is 44.2 Å². The summed E-state index contributed by atoms with van der Waals surface area (Å²) in [6.45, 7) is 2.08. The minimum Gasteiger partial charge on any atom is -0.332 e. The molecule has 0 spiro atoms. The van der Waals surface area contributed by atoms with E-state index in [1.165, 1.54) is 43.2 Å². The summed E-state index contributed by atoms with van der Waals surface area (Å²) in [5.41, 5.74) is 3.02. The quantitative estimate of drug-likeness (QED) is 0.294. The van der Waals surface area contributed by atoms with Crippen LogP contribution in [0.15, 0.2) is 89.8 Å². The Kier molecular flexibility index (Phi) is 10.4. The van der Waals surface area contributed by atoms with E-state index in [2.05, 4.69) is 39.8 Å². The lowest BCUT2D eigenvalue weighted by atomic mass is 9.86. The molecule has 0 bridgehead atoms. The molecule has 1 aliphatic carbocycles. The number of piperazine rings is 1. The van der Waals surface area contributed by atoms with Gasteiger partial charge in [0, 0.05) is 38.3 Å². The molecule has 2 fully saturated rings. The first-order valence-electron chi connectivity index (χ1n) is 14.9. The topological polar surface area (TPSA) is 81.8 Å². The van der Waals surface area contributed by atoms with Crippen molar-refractivity contribution in [3.05, 3.63) is 96.1 Å². The van der Waals surface area contributed by atoms with Gasteiger partial charge in [0.05, 0.1) is 10.9 Å². The summed E-state index contributed by atoms with van der Waals surface area (Å²) in [7, 11) is -3.65. The molecular weight excluding hydrogens is 565 g/mol. The standard InChI is InChI=1S/C33H40N4O3S2/c38-31(21-16-26-10-4-1-5-11-26)35-33(41)34-29-17-19-30(20-18-29)42(39,40)37-24-22-36(23-25-37)32(27-12-6-2-7-13-27)28-14-8-3-9-15-28/h2-3,6-9,12-15,17-20,26,32H,1,4-5,10-11,16,21-25H2,(H2,34,35,38,41). The average molecular weight is 605 g/mol. The number of hydrogen-bond donors (Lipinski definition) is 2. The number of thiocarbonyl (C=S) groups is 1. The van der Waals surface area contributed by atoms with Gasteiger partial charge in [0.25, 0.3) is 0 Å². The number of benzene rings is 3. The lowest BCUT2D eigenvalue weighted by molar-refractivity contribution is -0.120. The van der Waals surface area contributed by atoms with E-state index in [1.807, 2.05) is 36.4 Å². The first-order valence-corrected chi connectivity index (χ1v) is 16.8. The van der Waals surface area contributed by atoms with E-state index in [0.717, 1.165) is 6.42 Å². The van der Waals surface area contributed by atoms with Gasteiger partial charge in [-0.1, -0.05) is 92.8 Å². The molecule has 1 amide bonds. The highest BCUT2D eigenvalue weighted by molar-refractivity contribution is 7.89. The molecule has 222 valence electrons. The van der Waals surface area contributed by atoms with E-state index in [9.17, 15) is 13.2 Å². The van der Waals surface area contributed by atoms with Crippen LogP contribution in [-0.4, -0.2) is 54.8 Å². The highest BCUT2D eigenvalue weighted by Crippen LogP contribution is 2.31. The van der Waals surface area contributed by atoms with Crippen molar-refractivity contribution in [3.63, 3.8) is 0 Å². The molecule has 3 aromatic carbocycles. The van der Waals surface area contributed by atoms with Crippen molar-refractivity contribution in [2.75, 3.05) is 31.5 Å². The Morgan fingerprint density at radius 2 is 1.38 bits per heavy atom. The highest BCUT2D eigenvalue weighted by Gasteiger charge is 2.32. The number of anilines is 1. The van der Waals surface area contributed by atoms with Crippen LogP contribution in [0.3, 0.4) is 0 Å². The van der Waals surface area contributed by atoms with Gasteiger partial charge in [-0.25, -0.2) is 8.42 Å². The monoisotopic (exact) mass is 604 g/mol. The molecule has 0 aromatic heterocycles. The summed E-state index contributed by atoms with van der Waals surface area (Å²) in [5.74, 6) is 0.552. The fourth-order valence-corrected chi connectivity index (χ4v) is 7.76. The van der Waals surface area contributed by atoms with Crippen molar-refractivity contribution in [2.24, 2.45) is 5.92 Å². The van der Waals surface area contributed by atoms with Crippen LogP contribution < -0.4 is 10.6 Å². The fraction of sp³-hybridized carbons (Fsp3) is 0.394. The Morgan fingerprint density at radius 3 is 1.95 bits per heavy atom. The number of amides is 1. The summed E-state index contributed by atoms with van der Waals surface area (Å²) in [6, 6.07) is 27.3. The van der Waals surface area contributed by atoms with Crippen LogP contribution in [0.5, 0.6) is 0 Å². The fourth-order valence-electron chi connectivity index (χ4n) is 6.11. The van der Waals surface area contributed by atoms with E-state index >= 15 is 0 Å². The van der Waals surface area contributed by atoms with Crippen molar-refractivity contribution < 1.29 is 13.2 Å². The molecule has 1 saturated carbocycles. The Hall–Kier alpha value is -3.11. The van der Waals surface area contributed by atoms with E-state index in [-0.39, 0.29) is 22.0 Å². The van der Waals surface area contributed by atoms with Crippen molar-refractivity contribution in [1.29, 1.82) is 0 Å². The van der Waals surface area contributed by atoms with Crippen LogP contribution in [0, 0.1) is 5.92 Å².